The number of hydrogen-bond donors (Lipinski definition) is 1. The van der Waals surface area contributed by atoms with Gasteiger partial charge in [-0.25, -0.2) is 8.42 Å². The van der Waals surface area contributed by atoms with E-state index in [-0.39, 0.29) is 5.25 Å². The molecule has 0 aromatic carbocycles. The fourth-order valence-corrected chi connectivity index (χ4v) is 4.25. The first-order valence-corrected chi connectivity index (χ1v) is 8.59. The van der Waals surface area contributed by atoms with Crippen LogP contribution in [0.3, 0.4) is 0 Å². The fraction of sp³-hybridized carbons (Fsp3) is 0.917. The SMILES string of the molecule is CS(=O)(=O)C1CCCC(N2CCC(=NO)CC2)C1. The Morgan fingerprint density at radius 2 is 1.94 bits per heavy atom. The Morgan fingerprint density at radius 3 is 2.50 bits per heavy atom. The molecule has 5 nitrogen and oxygen atoms in total. The maximum absolute atomic E-state index is 11.6. The number of rotatable bonds is 2. The summed E-state index contributed by atoms with van der Waals surface area (Å²) in [6.45, 7) is 1.78. The molecule has 2 atom stereocenters. The minimum absolute atomic E-state index is 0.163. The van der Waals surface area contributed by atoms with E-state index in [9.17, 15) is 8.42 Å². The molecule has 0 aromatic rings. The zero-order valence-corrected chi connectivity index (χ0v) is 11.7. The average molecular weight is 274 g/mol. The number of piperidine rings is 1. The predicted octanol–water partition coefficient (Wildman–Crippen LogP) is 1.27. The second kappa shape index (κ2) is 5.57. The lowest BCUT2D eigenvalue weighted by Crippen LogP contribution is -2.45. The molecule has 1 N–H and O–H groups in total. The van der Waals surface area contributed by atoms with Crippen LogP contribution in [-0.2, 0) is 9.84 Å². The summed E-state index contributed by atoms with van der Waals surface area (Å²) in [6, 6.07) is 0.388. The van der Waals surface area contributed by atoms with Crippen LogP contribution in [-0.4, -0.2) is 54.9 Å². The molecule has 2 aliphatic rings. The van der Waals surface area contributed by atoms with Crippen molar-refractivity contribution in [1.82, 2.24) is 4.90 Å². The maximum atomic E-state index is 11.6. The minimum atomic E-state index is -2.90. The topological polar surface area (TPSA) is 70.0 Å². The van der Waals surface area contributed by atoms with Crippen LogP contribution < -0.4 is 0 Å². The lowest BCUT2D eigenvalue weighted by Gasteiger charge is -2.39. The molecule has 0 radical (unpaired) electrons. The van der Waals surface area contributed by atoms with E-state index in [1.54, 1.807) is 0 Å². The third-order valence-corrected chi connectivity index (χ3v) is 5.88. The van der Waals surface area contributed by atoms with Gasteiger partial charge in [-0.2, -0.15) is 0 Å². The third-order valence-electron chi connectivity index (χ3n) is 4.24. The summed E-state index contributed by atoms with van der Waals surface area (Å²) in [5, 5.41) is 11.8. The van der Waals surface area contributed by atoms with E-state index >= 15 is 0 Å². The van der Waals surface area contributed by atoms with Crippen molar-refractivity contribution >= 4 is 15.5 Å². The molecule has 0 aromatic heterocycles. The minimum Gasteiger partial charge on any atom is -0.411 e. The molecule has 18 heavy (non-hydrogen) atoms. The van der Waals surface area contributed by atoms with Gasteiger partial charge in [-0.05, 0) is 19.3 Å². The Kier molecular flexibility index (Phi) is 4.27. The van der Waals surface area contributed by atoms with E-state index in [2.05, 4.69) is 10.1 Å². The van der Waals surface area contributed by atoms with Crippen LogP contribution in [0, 0.1) is 0 Å². The van der Waals surface area contributed by atoms with Gasteiger partial charge in [-0.15, -0.1) is 0 Å². The first-order chi connectivity index (χ1) is 8.50. The third kappa shape index (κ3) is 3.23. The van der Waals surface area contributed by atoms with Crippen LogP contribution in [0.4, 0.5) is 0 Å². The van der Waals surface area contributed by atoms with Gasteiger partial charge in [0.15, 0.2) is 0 Å². The van der Waals surface area contributed by atoms with Crippen LogP contribution in [0.25, 0.3) is 0 Å². The number of sulfone groups is 1. The highest BCUT2D eigenvalue weighted by atomic mass is 32.2. The molecule has 1 heterocycles. The molecule has 1 aliphatic carbocycles. The number of nitrogens with zero attached hydrogens (tertiary/aromatic N) is 2. The van der Waals surface area contributed by atoms with Crippen molar-refractivity contribution in [3.63, 3.8) is 0 Å². The van der Waals surface area contributed by atoms with Crippen molar-refractivity contribution < 1.29 is 13.6 Å². The van der Waals surface area contributed by atoms with E-state index in [0.29, 0.717) is 6.04 Å². The van der Waals surface area contributed by atoms with Gasteiger partial charge in [-0.3, -0.25) is 4.90 Å². The molecule has 2 rings (SSSR count). The lowest BCUT2D eigenvalue weighted by atomic mass is 9.92. The van der Waals surface area contributed by atoms with Gasteiger partial charge in [0.1, 0.15) is 9.84 Å². The molecule has 0 spiro atoms. The van der Waals surface area contributed by atoms with Crippen molar-refractivity contribution in [2.45, 2.75) is 49.8 Å². The molecule has 2 fully saturated rings. The van der Waals surface area contributed by atoms with Crippen molar-refractivity contribution in [3.8, 4) is 0 Å². The van der Waals surface area contributed by atoms with Crippen LogP contribution >= 0.6 is 0 Å². The van der Waals surface area contributed by atoms with E-state index in [1.807, 2.05) is 0 Å². The van der Waals surface area contributed by atoms with Crippen LogP contribution in [0.2, 0.25) is 0 Å². The first kappa shape index (κ1) is 13.8. The molecule has 1 aliphatic heterocycles. The number of oxime groups is 1. The highest BCUT2D eigenvalue weighted by molar-refractivity contribution is 7.91. The normalized spacial score (nSPS) is 31.3. The summed E-state index contributed by atoms with van der Waals surface area (Å²) in [6.07, 6.45) is 6.63. The van der Waals surface area contributed by atoms with Crippen LogP contribution in [0.1, 0.15) is 38.5 Å². The zero-order chi connectivity index (χ0) is 13.2. The van der Waals surface area contributed by atoms with Gasteiger partial charge >= 0.3 is 0 Å². The monoisotopic (exact) mass is 274 g/mol. The molecular weight excluding hydrogens is 252 g/mol. The Balaban J connectivity index is 1.94. The highest BCUT2D eigenvalue weighted by Gasteiger charge is 2.32. The molecule has 1 saturated carbocycles. The quantitative estimate of drug-likeness (QED) is 0.608. The first-order valence-electron chi connectivity index (χ1n) is 6.63. The molecule has 104 valence electrons. The van der Waals surface area contributed by atoms with E-state index < -0.39 is 9.84 Å². The largest absolute Gasteiger partial charge is 0.411 e. The number of likely N-dealkylation sites (tertiary alicyclic amines) is 1. The Bertz CT molecular complexity index is 409. The average Bonchev–Trinajstić information content (AvgIpc) is 2.38. The molecule has 0 bridgehead atoms. The predicted molar refractivity (Wildman–Crippen MR) is 70.9 cm³/mol. The second-order valence-corrected chi connectivity index (χ2v) is 7.80. The Morgan fingerprint density at radius 1 is 1.28 bits per heavy atom. The van der Waals surface area contributed by atoms with Gasteiger partial charge in [0.25, 0.3) is 0 Å². The summed E-state index contributed by atoms with van der Waals surface area (Å²) in [7, 11) is -2.90. The molecular formula is C12H22N2O3S. The van der Waals surface area contributed by atoms with Crippen molar-refractivity contribution in [2.75, 3.05) is 19.3 Å². The molecule has 1 saturated heterocycles. The maximum Gasteiger partial charge on any atom is 0.150 e. The number of hydrogen-bond acceptors (Lipinski definition) is 5. The Labute approximate surface area is 109 Å². The standard InChI is InChI=1S/C12H22N2O3S/c1-18(16,17)12-4-2-3-11(9-12)14-7-5-10(13-15)6-8-14/h11-12,15H,2-9H2,1H3. The van der Waals surface area contributed by atoms with Gasteiger partial charge in [0.05, 0.1) is 11.0 Å². The summed E-state index contributed by atoms with van der Waals surface area (Å²) >= 11 is 0. The van der Waals surface area contributed by atoms with Crippen LogP contribution in [0.15, 0.2) is 5.16 Å². The summed E-state index contributed by atoms with van der Waals surface area (Å²) in [5.41, 5.74) is 0.863. The molecule has 6 heteroatoms. The second-order valence-electron chi connectivity index (χ2n) is 5.47. The van der Waals surface area contributed by atoms with Gasteiger partial charge in [-0.1, -0.05) is 11.6 Å². The van der Waals surface area contributed by atoms with Crippen molar-refractivity contribution in [3.05, 3.63) is 0 Å². The smallest absolute Gasteiger partial charge is 0.150 e. The summed E-state index contributed by atoms with van der Waals surface area (Å²) in [5.74, 6) is 0. The van der Waals surface area contributed by atoms with E-state index in [0.717, 1.165) is 57.3 Å². The zero-order valence-electron chi connectivity index (χ0n) is 10.9. The van der Waals surface area contributed by atoms with Crippen LogP contribution in [0.5, 0.6) is 0 Å². The fourth-order valence-electron chi connectivity index (χ4n) is 3.09. The summed E-state index contributed by atoms with van der Waals surface area (Å²) < 4.78 is 23.3. The van der Waals surface area contributed by atoms with Crippen molar-refractivity contribution in [2.24, 2.45) is 5.16 Å². The van der Waals surface area contributed by atoms with Gasteiger partial charge < -0.3 is 5.21 Å². The lowest BCUT2D eigenvalue weighted by molar-refractivity contribution is 0.155. The van der Waals surface area contributed by atoms with Gasteiger partial charge in [0.2, 0.25) is 0 Å². The van der Waals surface area contributed by atoms with Gasteiger partial charge in [0, 0.05) is 38.2 Å². The van der Waals surface area contributed by atoms with Crippen molar-refractivity contribution in [1.29, 1.82) is 0 Å². The Hall–Kier alpha value is -0.620. The summed E-state index contributed by atoms with van der Waals surface area (Å²) in [4.78, 5) is 2.37. The molecule has 2 unspecified atom stereocenters. The highest BCUT2D eigenvalue weighted by Crippen LogP contribution is 2.28. The molecule has 0 amide bonds. The van der Waals surface area contributed by atoms with E-state index in [4.69, 9.17) is 5.21 Å². The van der Waals surface area contributed by atoms with E-state index in [1.165, 1.54) is 6.26 Å².